The van der Waals surface area contributed by atoms with Gasteiger partial charge in [-0.05, 0) is 41.8 Å². The SMILES string of the molecule is Cc1ccc(-c2ccc(C(=O)[O-])c(F)c2)cc1Cl. The third-order valence-corrected chi connectivity index (χ3v) is 3.10. The van der Waals surface area contributed by atoms with E-state index in [9.17, 15) is 14.3 Å². The highest BCUT2D eigenvalue weighted by atomic mass is 35.5. The number of benzene rings is 2. The van der Waals surface area contributed by atoms with Crippen molar-refractivity contribution in [3.63, 3.8) is 0 Å². The maximum absolute atomic E-state index is 13.5. The molecule has 0 fully saturated rings. The Balaban J connectivity index is 2.48. The minimum absolute atomic E-state index is 0.447. The largest absolute Gasteiger partial charge is 0.545 e. The van der Waals surface area contributed by atoms with Gasteiger partial charge in [0.15, 0.2) is 0 Å². The Kier molecular flexibility index (Phi) is 3.34. The maximum Gasteiger partial charge on any atom is 0.132 e. The third kappa shape index (κ3) is 2.36. The van der Waals surface area contributed by atoms with E-state index in [-0.39, 0.29) is 0 Å². The van der Waals surface area contributed by atoms with E-state index >= 15 is 0 Å². The second-order valence-corrected chi connectivity index (χ2v) is 4.35. The molecule has 0 aliphatic heterocycles. The van der Waals surface area contributed by atoms with Crippen molar-refractivity contribution in [3.8, 4) is 11.1 Å². The average Bonchev–Trinajstić information content (AvgIpc) is 2.32. The summed E-state index contributed by atoms with van der Waals surface area (Å²) < 4.78 is 13.5. The van der Waals surface area contributed by atoms with Gasteiger partial charge in [-0.1, -0.05) is 29.8 Å². The minimum atomic E-state index is -1.53. The van der Waals surface area contributed by atoms with Crippen molar-refractivity contribution in [2.24, 2.45) is 0 Å². The highest BCUT2D eigenvalue weighted by Gasteiger charge is 2.07. The van der Waals surface area contributed by atoms with Gasteiger partial charge in [0.1, 0.15) is 5.82 Å². The number of aromatic carboxylic acids is 1. The Morgan fingerprint density at radius 1 is 1.17 bits per heavy atom. The van der Waals surface area contributed by atoms with E-state index in [0.29, 0.717) is 10.6 Å². The fourth-order valence-electron chi connectivity index (χ4n) is 1.63. The molecule has 92 valence electrons. The number of carbonyl (C=O) groups is 1. The predicted molar refractivity (Wildman–Crippen MR) is 65.9 cm³/mol. The molecule has 2 rings (SSSR count). The number of carbonyl (C=O) groups excluding carboxylic acids is 1. The van der Waals surface area contributed by atoms with Crippen molar-refractivity contribution in [3.05, 3.63) is 58.4 Å². The van der Waals surface area contributed by atoms with Crippen LogP contribution in [0.2, 0.25) is 5.02 Å². The monoisotopic (exact) mass is 263 g/mol. The maximum atomic E-state index is 13.5. The van der Waals surface area contributed by atoms with Gasteiger partial charge in [0.2, 0.25) is 0 Å². The summed E-state index contributed by atoms with van der Waals surface area (Å²) in [6.45, 7) is 1.87. The molecule has 4 heteroatoms. The van der Waals surface area contributed by atoms with Gasteiger partial charge in [-0.15, -0.1) is 0 Å². The quantitative estimate of drug-likeness (QED) is 0.836. The van der Waals surface area contributed by atoms with Gasteiger partial charge in [-0.25, -0.2) is 4.39 Å². The number of carboxylic acid groups (broad SMARTS) is 1. The van der Waals surface area contributed by atoms with E-state index in [1.807, 2.05) is 13.0 Å². The van der Waals surface area contributed by atoms with Crippen LogP contribution >= 0.6 is 11.6 Å². The molecule has 0 bridgehead atoms. The third-order valence-electron chi connectivity index (χ3n) is 2.69. The number of rotatable bonds is 2. The lowest BCUT2D eigenvalue weighted by Crippen LogP contribution is -2.23. The molecule has 2 nitrogen and oxygen atoms in total. The Hall–Kier alpha value is -1.87. The fraction of sp³-hybridized carbons (Fsp3) is 0.0714. The summed E-state index contributed by atoms with van der Waals surface area (Å²) >= 11 is 5.99. The summed E-state index contributed by atoms with van der Waals surface area (Å²) in [5.41, 5.74) is 1.78. The van der Waals surface area contributed by atoms with Crippen LogP contribution in [0.4, 0.5) is 4.39 Å². The number of hydrogen-bond donors (Lipinski definition) is 0. The minimum Gasteiger partial charge on any atom is -0.545 e. The van der Waals surface area contributed by atoms with E-state index in [2.05, 4.69) is 0 Å². The van der Waals surface area contributed by atoms with Gasteiger partial charge in [0, 0.05) is 10.6 Å². The van der Waals surface area contributed by atoms with Gasteiger partial charge in [-0.2, -0.15) is 0 Å². The summed E-state index contributed by atoms with van der Waals surface area (Å²) in [5, 5.41) is 11.2. The van der Waals surface area contributed by atoms with Crippen molar-refractivity contribution < 1.29 is 14.3 Å². The van der Waals surface area contributed by atoms with Crippen LogP contribution < -0.4 is 5.11 Å². The Labute approximate surface area is 109 Å². The van der Waals surface area contributed by atoms with Crippen LogP contribution in [0.1, 0.15) is 15.9 Å². The van der Waals surface area contributed by atoms with E-state index in [1.54, 1.807) is 12.1 Å². The van der Waals surface area contributed by atoms with Gasteiger partial charge in [0.05, 0.1) is 5.97 Å². The summed E-state index contributed by atoms with van der Waals surface area (Å²) in [6.07, 6.45) is 0. The second-order valence-electron chi connectivity index (χ2n) is 3.95. The molecule has 0 aliphatic rings. The zero-order chi connectivity index (χ0) is 13.3. The lowest BCUT2D eigenvalue weighted by molar-refractivity contribution is -0.255. The van der Waals surface area contributed by atoms with Crippen LogP contribution in [0.5, 0.6) is 0 Å². The molecule has 0 heterocycles. The first kappa shape index (κ1) is 12.6. The van der Waals surface area contributed by atoms with Crippen LogP contribution in [-0.2, 0) is 0 Å². The molecule has 0 saturated heterocycles. The predicted octanol–water partition coefficient (Wildman–Crippen LogP) is 2.82. The lowest BCUT2D eigenvalue weighted by atomic mass is 10.0. The molecule has 0 amide bonds. The van der Waals surface area contributed by atoms with Crippen LogP contribution in [0.25, 0.3) is 11.1 Å². The molecule has 0 aliphatic carbocycles. The molecule has 0 saturated carbocycles. The molecule has 0 radical (unpaired) electrons. The molecule has 2 aromatic rings. The molecular formula is C14H9ClFO2-. The van der Waals surface area contributed by atoms with Crippen molar-refractivity contribution in [2.45, 2.75) is 6.92 Å². The number of hydrogen-bond acceptors (Lipinski definition) is 2. The Bertz CT molecular complexity index is 623. The van der Waals surface area contributed by atoms with Gasteiger partial charge < -0.3 is 9.90 Å². The van der Waals surface area contributed by atoms with Crippen molar-refractivity contribution in [2.75, 3.05) is 0 Å². The zero-order valence-electron chi connectivity index (χ0n) is 9.54. The van der Waals surface area contributed by atoms with Crippen LogP contribution in [-0.4, -0.2) is 5.97 Å². The molecule has 0 aromatic heterocycles. The van der Waals surface area contributed by atoms with Crippen molar-refractivity contribution >= 4 is 17.6 Å². The van der Waals surface area contributed by atoms with Crippen molar-refractivity contribution in [1.29, 1.82) is 0 Å². The van der Waals surface area contributed by atoms with Crippen LogP contribution in [0.15, 0.2) is 36.4 Å². The second kappa shape index (κ2) is 4.78. The standard InChI is InChI=1S/C14H10ClFO2/c1-8-2-3-9(6-12(8)15)10-4-5-11(14(17)18)13(16)7-10/h2-7H,1H3,(H,17,18)/p-1. The Morgan fingerprint density at radius 2 is 1.78 bits per heavy atom. The van der Waals surface area contributed by atoms with Gasteiger partial charge >= 0.3 is 0 Å². The van der Waals surface area contributed by atoms with Gasteiger partial charge in [0.25, 0.3) is 0 Å². The first-order valence-electron chi connectivity index (χ1n) is 5.26. The number of aryl methyl sites for hydroxylation is 1. The molecular weight excluding hydrogens is 255 g/mol. The number of halogens is 2. The highest BCUT2D eigenvalue weighted by molar-refractivity contribution is 6.31. The topological polar surface area (TPSA) is 40.1 Å². The van der Waals surface area contributed by atoms with Crippen molar-refractivity contribution in [1.82, 2.24) is 0 Å². The molecule has 0 unspecified atom stereocenters. The molecule has 0 atom stereocenters. The normalized spacial score (nSPS) is 10.4. The summed E-state index contributed by atoms with van der Waals surface area (Å²) in [4.78, 5) is 10.6. The zero-order valence-corrected chi connectivity index (χ0v) is 10.3. The number of carboxylic acids is 1. The average molecular weight is 264 g/mol. The summed E-state index contributed by atoms with van der Waals surface area (Å²) in [7, 11) is 0. The fourth-order valence-corrected chi connectivity index (χ4v) is 1.81. The van der Waals surface area contributed by atoms with E-state index in [0.717, 1.165) is 17.2 Å². The molecule has 0 N–H and O–H groups in total. The lowest BCUT2D eigenvalue weighted by Gasteiger charge is -2.08. The summed E-state index contributed by atoms with van der Waals surface area (Å²) in [5.74, 6) is -2.34. The summed E-state index contributed by atoms with van der Waals surface area (Å²) in [6, 6.07) is 9.20. The molecule has 0 spiro atoms. The first-order valence-corrected chi connectivity index (χ1v) is 5.64. The van der Waals surface area contributed by atoms with Gasteiger partial charge in [-0.3, -0.25) is 0 Å². The smallest absolute Gasteiger partial charge is 0.132 e. The highest BCUT2D eigenvalue weighted by Crippen LogP contribution is 2.26. The molecule has 18 heavy (non-hydrogen) atoms. The van der Waals surface area contributed by atoms with E-state index in [1.165, 1.54) is 12.1 Å². The van der Waals surface area contributed by atoms with E-state index < -0.39 is 17.3 Å². The van der Waals surface area contributed by atoms with Crippen LogP contribution in [0, 0.1) is 12.7 Å². The van der Waals surface area contributed by atoms with E-state index in [4.69, 9.17) is 11.6 Å². The first-order chi connectivity index (χ1) is 8.49. The van der Waals surface area contributed by atoms with Crippen LogP contribution in [0.3, 0.4) is 0 Å². The Morgan fingerprint density at radius 3 is 2.33 bits per heavy atom. The molecule has 2 aromatic carbocycles.